The Hall–Kier alpha value is -1.59. The number of ether oxygens (including phenoxy) is 2. The molecule has 1 aromatic rings. The van der Waals surface area contributed by atoms with Gasteiger partial charge in [-0.05, 0) is 33.6 Å². The summed E-state index contributed by atoms with van der Waals surface area (Å²) in [5, 5.41) is 3.12. The maximum atomic E-state index is 5.78. The Bertz CT molecular complexity index is 396. The van der Waals surface area contributed by atoms with Gasteiger partial charge in [0.25, 0.3) is 0 Å². The van der Waals surface area contributed by atoms with E-state index in [1.54, 1.807) is 0 Å². The lowest BCUT2D eigenvalue weighted by Crippen LogP contribution is -2.28. The minimum Gasteiger partial charge on any atom is -0.464 e. The monoisotopic (exact) mass is 268 g/mol. The number of hydrogen-bond acceptors (Lipinski definition) is 6. The fraction of sp³-hybridized carbons (Fsp3) is 0.769. The molecule has 108 valence electrons. The van der Waals surface area contributed by atoms with Gasteiger partial charge in [-0.25, -0.2) is 0 Å². The van der Waals surface area contributed by atoms with E-state index in [0.29, 0.717) is 18.6 Å². The Kier molecular flexibility index (Phi) is 5.79. The standard InChI is InChI=1S/C13H24N4O2/c1-6-9-14-10-15-11(18-8-3)17-12(16-10)19-13(4,5)7-2/h6-9H2,1-5H3,(H,14,15,16,17). The molecule has 1 aromatic heterocycles. The summed E-state index contributed by atoms with van der Waals surface area (Å²) in [6.45, 7) is 11.3. The lowest BCUT2D eigenvalue weighted by Gasteiger charge is -2.23. The molecule has 19 heavy (non-hydrogen) atoms. The molecule has 0 aromatic carbocycles. The van der Waals surface area contributed by atoms with Gasteiger partial charge in [-0.1, -0.05) is 13.8 Å². The van der Waals surface area contributed by atoms with Gasteiger partial charge in [0.1, 0.15) is 5.60 Å². The van der Waals surface area contributed by atoms with Crippen LogP contribution in [-0.2, 0) is 0 Å². The first-order valence-corrected chi connectivity index (χ1v) is 6.82. The fourth-order valence-corrected chi connectivity index (χ4v) is 1.21. The quantitative estimate of drug-likeness (QED) is 0.781. The summed E-state index contributed by atoms with van der Waals surface area (Å²) < 4.78 is 11.1. The second-order valence-corrected chi connectivity index (χ2v) is 4.80. The highest BCUT2D eigenvalue weighted by Crippen LogP contribution is 2.20. The van der Waals surface area contributed by atoms with Gasteiger partial charge < -0.3 is 14.8 Å². The van der Waals surface area contributed by atoms with Crippen molar-refractivity contribution in [3.05, 3.63) is 0 Å². The van der Waals surface area contributed by atoms with E-state index >= 15 is 0 Å². The summed E-state index contributed by atoms with van der Waals surface area (Å²) in [5.41, 5.74) is -0.313. The summed E-state index contributed by atoms with van der Waals surface area (Å²) in [5.74, 6) is 0.488. The van der Waals surface area contributed by atoms with Gasteiger partial charge >= 0.3 is 12.0 Å². The lowest BCUT2D eigenvalue weighted by atomic mass is 10.1. The van der Waals surface area contributed by atoms with Crippen LogP contribution in [0.25, 0.3) is 0 Å². The molecule has 0 fully saturated rings. The molecule has 0 amide bonds. The normalized spacial score (nSPS) is 11.2. The van der Waals surface area contributed by atoms with Crippen LogP contribution in [0.5, 0.6) is 12.0 Å². The van der Waals surface area contributed by atoms with Crippen molar-refractivity contribution in [3.63, 3.8) is 0 Å². The highest BCUT2D eigenvalue weighted by molar-refractivity contribution is 5.27. The summed E-state index contributed by atoms with van der Waals surface area (Å²) in [6, 6.07) is 0.585. The summed E-state index contributed by atoms with van der Waals surface area (Å²) in [6.07, 6.45) is 1.85. The molecule has 1 N–H and O–H groups in total. The van der Waals surface area contributed by atoms with Crippen molar-refractivity contribution < 1.29 is 9.47 Å². The Morgan fingerprint density at radius 3 is 2.32 bits per heavy atom. The second kappa shape index (κ2) is 7.11. The van der Waals surface area contributed by atoms with Crippen molar-refractivity contribution in [1.82, 2.24) is 15.0 Å². The van der Waals surface area contributed by atoms with Crippen molar-refractivity contribution >= 4 is 5.95 Å². The third-order valence-corrected chi connectivity index (χ3v) is 2.62. The van der Waals surface area contributed by atoms with Crippen LogP contribution in [0, 0.1) is 0 Å². The van der Waals surface area contributed by atoms with E-state index in [9.17, 15) is 0 Å². The van der Waals surface area contributed by atoms with Gasteiger partial charge in [0.05, 0.1) is 6.61 Å². The van der Waals surface area contributed by atoms with E-state index < -0.39 is 0 Å². The molecular weight excluding hydrogens is 244 g/mol. The minimum absolute atomic E-state index is 0.290. The number of hydrogen-bond donors (Lipinski definition) is 1. The van der Waals surface area contributed by atoms with E-state index in [0.717, 1.165) is 19.4 Å². The van der Waals surface area contributed by atoms with Crippen LogP contribution in [-0.4, -0.2) is 33.7 Å². The van der Waals surface area contributed by atoms with Gasteiger partial charge in [-0.2, -0.15) is 9.97 Å². The number of rotatable bonds is 8. The third-order valence-electron chi connectivity index (χ3n) is 2.62. The largest absolute Gasteiger partial charge is 0.464 e. The zero-order valence-electron chi connectivity index (χ0n) is 12.5. The molecule has 0 bridgehead atoms. The summed E-state index contributed by atoms with van der Waals surface area (Å²) in [4.78, 5) is 12.6. The van der Waals surface area contributed by atoms with Crippen molar-refractivity contribution in [3.8, 4) is 12.0 Å². The molecule has 1 rings (SSSR count). The summed E-state index contributed by atoms with van der Waals surface area (Å²) >= 11 is 0. The van der Waals surface area contributed by atoms with Crippen LogP contribution < -0.4 is 14.8 Å². The molecule has 6 heteroatoms. The number of anilines is 1. The second-order valence-electron chi connectivity index (χ2n) is 4.80. The smallest absolute Gasteiger partial charge is 0.324 e. The zero-order chi connectivity index (χ0) is 14.3. The molecule has 1 heterocycles. The Labute approximate surface area is 115 Å². The van der Waals surface area contributed by atoms with E-state index in [1.165, 1.54) is 0 Å². The fourth-order valence-electron chi connectivity index (χ4n) is 1.21. The van der Waals surface area contributed by atoms with Crippen molar-refractivity contribution in [2.24, 2.45) is 0 Å². The van der Waals surface area contributed by atoms with E-state index in [-0.39, 0.29) is 11.6 Å². The first-order valence-electron chi connectivity index (χ1n) is 6.82. The first-order chi connectivity index (χ1) is 9.00. The van der Waals surface area contributed by atoms with Crippen LogP contribution in [0.4, 0.5) is 5.95 Å². The molecule has 0 saturated carbocycles. The predicted octanol–water partition coefficient (Wildman–Crippen LogP) is 2.66. The van der Waals surface area contributed by atoms with Crippen LogP contribution in [0.1, 0.15) is 47.5 Å². The Morgan fingerprint density at radius 2 is 1.74 bits per heavy atom. The Balaban J connectivity index is 2.91. The highest BCUT2D eigenvalue weighted by atomic mass is 16.5. The van der Waals surface area contributed by atoms with Gasteiger partial charge in [-0.15, -0.1) is 4.98 Å². The van der Waals surface area contributed by atoms with Gasteiger partial charge in [0.2, 0.25) is 5.95 Å². The van der Waals surface area contributed by atoms with Crippen molar-refractivity contribution in [2.75, 3.05) is 18.5 Å². The predicted molar refractivity (Wildman–Crippen MR) is 74.8 cm³/mol. The Morgan fingerprint density at radius 1 is 1.05 bits per heavy atom. The van der Waals surface area contributed by atoms with Crippen LogP contribution in [0.2, 0.25) is 0 Å². The van der Waals surface area contributed by atoms with Gasteiger partial charge in [0.15, 0.2) is 0 Å². The maximum absolute atomic E-state index is 5.78. The molecule has 0 aliphatic heterocycles. The van der Waals surface area contributed by atoms with E-state index in [4.69, 9.17) is 9.47 Å². The summed E-state index contributed by atoms with van der Waals surface area (Å²) in [7, 11) is 0. The van der Waals surface area contributed by atoms with Crippen LogP contribution in [0.3, 0.4) is 0 Å². The average molecular weight is 268 g/mol. The maximum Gasteiger partial charge on any atom is 0.324 e. The zero-order valence-corrected chi connectivity index (χ0v) is 12.5. The molecule has 0 spiro atoms. The average Bonchev–Trinajstić information content (AvgIpc) is 2.36. The highest BCUT2D eigenvalue weighted by Gasteiger charge is 2.20. The molecule has 6 nitrogen and oxygen atoms in total. The number of aromatic nitrogens is 3. The molecule has 0 radical (unpaired) electrons. The third kappa shape index (κ3) is 5.28. The molecule has 0 atom stereocenters. The molecule has 0 saturated heterocycles. The van der Waals surface area contributed by atoms with Crippen molar-refractivity contribution in [1.29, 1.82) is 0 Å². The first kappa shape index (κ1) is 15.5. The van der Waals surface area contributed by atoms with Crippen LogP contribution >= 0.6 is 0 Å². The van der Waals surface area contributed by atoms with E-state index in [2.05, 4.69) is 34.1 Å². The molecule has 0 aliphatic carbocycles. The minimum atomic E-state index is -0.313. The van der Waals surface area contributed by atoms with Crippen molar-refractivity contribution in [2.45, 2.75) is 53.1 Å². The van der Waals surface area contributed by atoms with Crippen LogP contribution in [0.15, 0.2) is 0 Å². The molecule has 0 unspecified atom stereocenters. The van der Waals surface area contributed by atoms with E-state index in [1.807, 2.05) is 20.8 Å². The number of nitrogens with one attached hydrogen (secondary N) is 1. The molecular formula is C13H24N4O2. The van der Waals surface area contributed by atoms with Gasteiger partial charge in [0, 0.05) is 6.54 Å². The molecule has 0 aliphatic rings. The lowest BCUT2D eigenvalue weighted by molar-refractivity contribution is 0.0908. The van der Waals surface area contributed by atoms with Gasteiger partial charge in [-0.3, -0.25) is 0 Å². The SMILES string of the molecule is CCCNc1nc(OCC)nc(OC(C)(C)CC)n1. The topological polar surface area (TPSA) is 69.2 Å². The number of nitrogens with zero attached hydrogens (tertiary/aromatic N) is 3.